The van der Waals surface area contributed by atoms with Gasteiger partial charge in [-0.15, -0.1) is 0 Å². The maximum Gasteiger partial charge on any atom is 0.244 e. The molecule has 2 aromatic carbocycles. The van der Waals surface area contributed by atoms with Gasteiger partial charge in [0.1, 0.15) is 5.75 Å². The quantitative estimate of drug-likeness (QED) is 0.621. The summed E-state index contributed by atoms with van der Waals surface area (Å²) in [5, 5.41) is 12.8. The SMILES string of the molecule is COc1cc(C=CC(=O)NC[C@H](O)c2ccccc2)ccc1-n1cnc(C)c1. The number of aliphatic hydroxyl groups excluding tert-OH is 1. The van der Waals surface area contributed by atoms with Gasteiger partial charge in [-0.3, -0.25) is 4.79 Å². The molecule has 2 N–H and O–H groups in total. The van der Waals surface area contributed by atoms with Gasteiger partial charge in [-0.25, -0.2) is 4.98 Å². The van der Waals surface area contributed by atoms with Gasteiger partial charge in [-0.2, -0.15) is 0 Å². The Morgan fingerprint density at radius 3 is 2.75 bits per heavy atom. The van der Waals surface area contributed by atoms with Gasteiger partial charge in [0.15, 0.2) is 0 Å². The highest BCUT2D eigenvalue weighted by Crippen LogP contribution is 2.25. The Labute approximate surface area is 164 Å². The summed E-state index contributed by atoms with van der Waals surface area (Å²) < 4.78 is 7.36. The minimum Gasteiger partial charge on any atom is -0.495 e. The van der Waals surface area contributed by atoms with E-state index >= 15 is 0 Å². The lowest BCUT2D eigenvalue weighted by Gasteiger charge is -2.11. The molecular weight excluding hydrogens is 354 g/mol. The van der Waals surface area contributed by atoms with E-state index in [-0.39, 0.29) is 12.5 Å². The van der Waals surface area contributed by atoms with Crippen LogP contribution in [-0.4, -0.2) is 34.2 Å². The van der Waals surface area contributed by atoms with Crippen LogP contribution in [0.1, 0.15) is 22.9 Å². The zero-order valence-corrected chi connectivity index (χ0v) is 15.9. The fraction of sp³-hybridized carbons (Fsp3) is 0.182. The van der Waals surface area contributed by atoms with Crippen LogP contribution in [0.3, 0.4) is 0 Å². The van der Waals surface area contributed by atoms with Crippen molar-refractivity contribution in [1.82, 2.24) is 14.9 Å². The van der Waals surface area contributed by atoms with Crippen molar-refractivity contribution >= 4 is 12.0 Å². The molecule has 1 amide bonds. The Hall–Kier alpha value is -3.38. The van der Waals surface area contributed by atoms with Crippen molar-refractivity contribution in [1.29, 1.82) is 0 Å². The number of hydrogen-bond donors (Lipinski definition) is 2. The van der Waals surface area contributed by atoms with Gasteiger partial charge in [0.25, 0.3) is 0 Å². The zero-order valence-electron chi connectivity index (χ0n) is 15.9. The molecule has 0 radical (unpaired) electrons. The van der Waals surface area contributed by atoms with Crippen molar-refractivity contribution in [3.63, 3.8) is 0 Å². The van der Waals surface area contributed by atoms with Crippen LogP contribution in [0.25, 0.3) is 11.8 Å². The van der Waals surface area contributed by atoms with Crippen LogP contribution in [-0.2, 0) is 4.79 Å². The highest BCUT2D eigenvalue weighted by molar-refractivity contribution is 5.91. The van der Waals surface area contributed by atoms with Gasteiger partial charge in [-0.1, -0.05) is 36.4 Å². The van der Waals surface area contributed by atoms with E-state index in [1.807, 2.05) is 66.2 Å². The van der Waals surface area contributed by atoms with Gasteiger partial charge < -0.3 is 19.7 Å². The highest BCUT2D eigenvalue weighted by Gasteiger charge is 2.08. The number of nitrogens with one attached hydrogen (secondary N) is 1. The summed E-state index contributed by atoms with van der Waals surface area (Å²) in [7, 11) is 1.60. The largest absolute Gasteiger partial charge is 0.495 e. The zero-order chi connectivity index (χ0) is 19.9. The monoisotopic (exact) mass is 377 g/mol. The molecule has 28 heavy (non-hydrogen) atoms. The molecule has 0 bridgehead atoms. The number of ether oxygens (including phenoxy) is 1. The van der Waals surface area contributed by atoms with Gasteiger partial charge >= 0.3 is 0 Å². The molecule has 0 fully saturated rings. The average molecular weight is 377 g/mol. The summed E-state index contributed by atoms with van der Waals surface area (Å²) in [6.45, 7) is 2.07. The number of carbonyl (C=O) groups is 1. The van der Waals surface area contributed by atoms with Crippen LogP contribution in [0.2, 0.25) is 0 Å². The molecule has 0 spiro atoms. The molecule has 6 heteroatoms. The molecule has 1 aromatic heterocycles. The Balaban J connectivity index is 1.62. The fourth-order valence-corrected chi connectivity index (χ4v) is 2.79. The van der Waals surface area contributed by atoms with E-state index in [1.54, 1.807) is 19.5 Å². The first-order valence-corrected chi connectivity index (χ1v) is 8.95. The van der Waals surface area contributed by atoms with Crippen LogP contribution in [0.5, 0.6) is 5.75 Å². The Kier molecular flexibility index (Phi) is 6.24. The standard InChI is InChI=1S/C22H23N3O3/c1-16-14-25(15-24-16)19-10-8-17(12-21(19)28-2)9-11-22(27)23-13-20(26)18-6-4-3-5-7-18/h3-12,14-15,20,26H,13H2,1-2H3,(H,23,27)/t20-/m0/s1. The van der Waals surface area contributed by atoms with E-state index in [2.05, 4.69) is 10.3 Å². The fourth-order valence-electron chi connectivity index (χ4n) is 2.79. The van der Waals surface area contributed by atoms with Crippen LogP contribution >= 0.6 is 0 Å². The summed E-state index contributed by atoms with van der Waals surface area (Å²) in [4.78, 5) is 16.3. The predicted octanol–water partition coefficient (Wildman–Crippen LogP) is 3.05. The second-order valence-corrected chi connectivity index (χ2v) is 6.36. The van der Waals surface area contributed by atoms with Crippen molar-refractivity contribution in [3.8, 4) is 11.4 Å². The lowest BCUT2D eigenvalue weighted by Crippen LogP contribution is -2.26. The minimum atomic E-state index is -0.739. The minimum absolute atomic E-state index is 0.148. The predicted molar refractivity (Wildman–Crippen MR) is 108 cm³/mol. The number of nitrogens with zero attached hydrogens (tertiary/aromatic N) is 2. The van der Waals surface area contributed by atoms with Gasteiger partial charge in [0.2, 0.25) is 5.91 Å². The molecule has 0 aliphatic carbocycles. The number of aliphatic hydroxyl groups is 1. The third-order valence-electron chi connectivity index (χ3n) is 4.27. The Morgan fingerprint density at radius 2 is 2.07 bits per heavy atom. The van der Waals surface area contributed by atoms with Crippen LogP contribution in [0, 0.1) is 6.92 Å². The van der Waals surface area contributed by atoms with Crippen LogP contribution in [0.15, 0.2) is 67.1 Å². The number of carbonyl (C=O) groups excluding carboxylic acids is 1. The van der Waals surface area contributed by atoms with Gasteiger partial charge in [0, 0.05) is 18.8 Å². The summed E-state index contributed by atoms with van der Waals surface area (Å²) in [5.74, 6) is 0.405. The van der Waals surface area contributed by atoms with Crippen molar-refractivity contribution in [3.05, 3.63) is 84.0 Å². The Morgan fingerprint density at radius 1 is 1.29 bits per heavy atom. The summed E-state index contributed by atoms with van der Waals surface area (Å²) >= 11 is 0. The number of aryl methyl sites for hydroxylation is 1. The summed E-state index contributed by atoms with van der Waals surface area (Å²) in [5.41, 5.74) is 3.38. The van der Waals surface area contributed by atoms with Gasteiger partial charge in [0.05, 0.1) is 30.9 Å². The van der Waals surface area contributed by atoms with E-state index in [4.69, 9.17) is 4.74 Å². The summed E-state index contributed by atoms with van der Waals surface area (Å²) in [6.07, 6.45) is 6.05. The second kappa shape index (κ2) is 9.01. The maximum absolute atomic E-state index is 12.0. The molecule has 0 aliphatic heterocycles. The molecule has 144 valence electrons. The molecule has 3 aromatic rings. The number of rotatable bonds is 7. The lowest BCUT2D eigenvalue weighted by molar-refractivity contribution is -0.116. The van der Waals surface area contributed by atoms with Crippen LogP contribution < -0.4 is 10.1 Å². The number of benzene rings is 2. The molecule has 0 unspecified atom stereocenters. The first kappa shape index (κ1) is 19.4. The van der Waals surface area contributed by atoms with Crippen molar-refractivity contribution in [2.24, 2.45) is 0 Å². The topological polar surface area (TPSA) is 76.4 Å². The summed E-state index contributed by atoms with van der Waals surface area (Å²) in [6, 6.07) is 14.9. The molecule has 6 nitrogen and oxygen atoms in total. The second-order valence-electron chi connectivity index (χ2n) is 6.36. The van der Waals surface area contributed by atoms with Gasteiger partial charge in [-0.05, 0) is 36.3 Å². The van der Waals surface area contributed by atoms with Crippen LogP contribution in [0.4, 0.5) is 0 Å². The molecule has 1 atom stereocenters. The first-order valence-electron chi connectivity index (χ1n) is 8.95. The Bertz CT molecular complexity index is 964. The molecule has 1 heterocycles. The molecule has 3 rings (SSSR count). The van der Waals surface area contributed by atoms with Crippen molar-refractivity contribution < 1.29 is 14.6 Å². The van der Waals surface area contributed by atoms with E-state index in [0.717, 1.165) is 22.5 Å². The first-order chi connectivity index (χ1) is 13.6. The smallest absolute Gasteiger partial charge is 0.244 e. The normalized spacial score (nSPS) is 12.1. The third kappa shape index (κ3) is 4.86. The number of methoxy groups -OCH3 is 1. The number of amides is 1. The number of aromatic nitrogens is 2. The van der Waals surface area contributed by atoms with Crippen molar-refractivity contribution in [2.75, 3.05) is 13.7 Å². The van der Waals surface area contributed by atoms with E-state index in [0.29, 0.717) is 5.75 Å². The van der Waals surface area contributed by atoms with E-state index in [1.165, 1.54) is 6.08 Å². The van der Waals surface area contributed by atoms with E-state index in [9.17, 15) is 9.90 Å². The molecule has 0 saturated carbocycles. The van der Waals surface area contributed by atoms with Crippen molar-refractivity contribution in [2.45, 2.75) is 13.0 Å². The molecule has 0 aliphatic rings. The number of hydrogen-bond acceptors (Lipinski definition) is 4. The average Bonchev–Trinajstić information content (AvgIpc) is 3.16. The lowest BCUT2D eigenvalue weighted by atomic mass is 10.1. The highest BCUT2D eigenvalue weighted by atomic mass is 16.5. The number of imidazole rings is 1. The third-order valence-corrected chi connectivity index (χ3v) is 4.27. The van der Waals surface area contributed by atoms with E-state index < -0.39 is 6.10 Å². The maximum atomic E-state index is 12.0. The molecule has 0 saturated heterocycles. The molecular formula is C22H23N3O3.